The highest BCUT2D eigenvalue weighted by atomic mass is 33.1. The average molecular weight is 1270 g/mol. The lowest BCUT2D eigenvalue weighted by Crippen LogP contribution is -2.61. The molecule has 31 heteroatoms. The molecule has 1 fully saturated rings. The van der Waals surface area contributed by atoms with Gasteiger partial charge in [-0.1, -0.05) is 102 Å². The van der Waals surface area contributed by atoms with E-state index in [0.717, 1.165) is 43.3 Å². The maximum atomic E-state index is 15.1. The van der Waals surface area contributed by atoms with E-state index in [2.05, 4.69) is 72.8 Å². The molecule has 3 heterocycles. The van der Waals surface area contributed by atoms with Crippen LogP contribution in [-0.2, 0) is 67.2 Å². The summed E-state index contributed by atoms with van der Waals surface area (Å²) in [4.78, 5) is 160. The third-order valence-electron chi connectivity index (χ3n) is 14.2. The van der Waals surface area contributed by atoms with Gasteiger partial charge in [-0.2, -0.15) is 0 Å². The van der Waals surface area contributed by atoms with Crippen molar-refractivity contribution in [3.8, 4) is 0 Å². The summed E-state index contributed by atoms with van der Waals surface area (Å²) in [5, 5.41) is 26.7. The number of nitrogens with zero attached hydrogens (tertiary/aromatic N) is 3. The van der Waals surface area contributed by atoms with Crippen LogP contribution >= 0.6 is 21.6 Å². The fourth-order valence-electron chi connectivity index (χ4n) is 9.61. The number of aliphatic imine (C=N–C) groups is 2. The van der Waals surface area contributed by atoms with Crippen LogP contribution in [0.25, 0.3) is 21.7 Å². The number of rotatable bonds is 19. The number of unbranched alkanes of at least 4 members (excludes halogenated alkanes) is 1. The Labute approximate surface area is 521 Å². The Kier molecular flexibility index (Phi) is 26.9. The standard InChI is InChI=1S/C58H79N19O10S2/c1-3-4-14-40-51(82)72-41(16-9-20-65-57(60)61)53(84)77-45(25-37-27-64-31-69-37)55(86)75-43(23-33-18-19-34-11-5-6-12-35(34)22-33)54(85)73-42(17-10-21-66-58(62)63)52(83)76-44(24-36-26-67-39-15-8-7-13-38(36)39)50(81)68-28-48(79)71-46(49(59)80)29-88-89-30-47(56(87)74-40)70-32(2)78/h5-8,11-13,15,18-19,22,26-27,31,40-47,67H,3-4,9-10,14,16-17,20-21,23-25,28-30H2,1-2H3,(H2,59,80)(H,64,69)(H,68,81)(H,70,78)(H,71,79)(H,72,82)(H,73,85)(H,74,87)(H,75,86)(H,76,83)(H,77,84)(H4,60,61,65)(H4,62,63,66)/t40-,41-,42-,43+,44-,45-,46-,47-/m0/s1. The second-order valence-electron chi connectivity index (χ2n) is 21.2. The van der Waals surface area contributed by atoms with Crippen LogP contribution in [0.1, 0.15) is 75.6 Å². The van der Waals surface area contributed by atoms with E-state index in [4.69, 9.17) is 28.7 Å². The fraction of sp³-hybridized carbons (Fsp3) is 0.431. The zero-order valence-corrected chi connectivity index (χ0v) is 51.1. The van der Waals surface area contributed by atoms with Crippen LogP contribution in [0.15, 0.2) is 95.4 Å². The lowest BCUT2D eigenvalue weighted by molar-refractivity contribution is -0.135. The summed E-state index contributed by atoms with van der Waals surface area (Å²) < 4.78 is 0. The van der Waals surface area contributed by atoms with Gasteiger partial charge >= 0.3 is 0 Å². The minimum absolute atomic E-state index is 0.0213. The van der Waals surface area contributed by atoms with Gasteiger partial charge in [-0.25, -0.2) is 4.98 Å². The summed E-state index contributed by atoms with van der Waals surface area (Å²) in [7, 11) is 2.08. The van der Waals surface area contributed by atoms with Gasteiger partial charge in [0.2, 0.25) is 59.1 Å². The molecule has 0 bridgehead atoms. The summed E-state index contributed by atoms with van der Waals surface area (Å²) in [5.41, 5.74) is 30.5. The number of nitrogens with one attached hydrogen (secondary N) is 11. The number of aromatic amines is 2. The van der Waals surface area contributed by atoms with Crippen LogP contribution in [0.3, 0.4) is 0 Å². The number of imidazole rings is 1. The van der Waals surface area contributed by atoms with E-state index in [1.165, 1.54) is 19.4 Å². The van der Waals surface area contributed by atoms with Gasteiger partial charge in [-0.3, -0.25) is 57.9 Å². The smallest absolute Gasteiger partial charge is 0.244 e. The Morgan fingerprint density at radius 1 is 0.596 bits per heavy atom. The topological polar surface area (TPSA) is 478 Å². The molecule has 0 spiro atoms. The number of benzene rings is 3. The van der Waals surface area contributed by atoms with E-state index in [1.807, 2.05) is 61.5 Å². The van der Waals surface area contributed by atoms with Gasteiger partial charge in [-0.05, 0) is 60.1 Å². The maximum absolute atomic E-state index is 15.1. The number of fused-ring (bicyclic) bond motifs is 2. The summed E-state index contributed by atoms with van der Waals surface area (Å²) in [6.07, 6.45) is 5.18. The Balaban J connectivity index is 1.43. The van der Waals surface area contributed by atoms with Crippen molar-refractivity contribution in [2.24, 2.45) is 38.7 Å². The number of hydrogen-bond donors (Lipinski definition) is 16. The van der Waals surface area contributed by atoms with Gasteiger partial charge in [0.05, 0.1) is 12.9 Å². The Bertz CT molecular complexity index is 3340. The molecule has 1 aliphatic heterocycles. The van der Waals surface area contributed by atoms with Crippen LogP contribution in [0, 0.1) is 0 Å². The Morgan fingerprint density at radius 3 is 1.72 bits per heavy atom. The molecule has 6 rings (SSSR count). The van der Waals surface area contributed by atoms with Gasteiger partial charge in [0, 0.05) is 79.8 Å². The molecule has 1 saturated heterocycles. The fourth-order valence-corrected chi connectivity index (χ4v) is 12.0. The van der Waals surface area contributed by atoms with Crippen LogP contribution < -0.4 is 76.5 Å². The molecule has 29 nitrogen and oxygen atoms in total. The monoisotopic (exact) mass is 1270 g/mol. The van der Waals surface area contributed by atoms with E-state index in [-0.39, 0.29) is 87.9 Å². The lowest BCUT2D eigenvalue weighted by atomic mass is 9.99. The van der Waals surface area contributed by atoms with Crippen LogP contribution in [0.4, 0.5) is 0 Å². The van der Waals surface area contributed by atoms with Crippen molar-refractivity contribution in [3.05, 3.63) is 102 Å². The highest BCUT2D eigenvalue weighted by Crippen LogP contribution is 2.24. The van der Waals surface area contributed by atoms with Gasteiger partial charge < -0.3 is 86.5 Å². The minimum Gasteiger partial charge on any atom is -0.370 e. The summed E-state index contributed by atoms with van der Waals surface area (Å²) in [5.74, 6) is -8.80. The number of nitrogens with two attached hydrogens (primary N) is 5. The van der Waals surface area contributed by atoms with Crippen molar-refractivity contribution in [2.45, 2.75) is 126 Å². The first-order valence-corrected chi connectivity index (χ1v) is 31.5. The van der Waals surface area contributed by atoms with Gasteiger partial charge in [-0.15, -0.1) is 0 Å². The number of carbonyl (C=O) groups excluding carboxylic acids is 10. The number of aromatic nitrogens is 3. The van der Waals surface area contributed by atoms with E-state index >= 15 is 9.59 Å². The number of para-hydroxylation sites is 1. The van der Waals surface area contributed by atoms with Gasteiger partial charge in [0.25, 0.3) is 0 Å². The van der Waals surface area contributed by atoms with Crippen molar-refractivity contribution < 1.29 is 47.9 Å². The molecule has 5 aromatic rings. The first-order valence-electron chi connectivity index (χ1n) is 29.0. The van der Waals surface area contributed by atoms with Crippen molar-refractivity contribution in [1.29, 1.82) is 0 Å². The highest BCUT2D eigenvalue weighted by Gasteiger charge is 2.35. The van der Waals surface area contributed by atoms with Crippen LogP contribution in [0.2, 0.25) is 0 Å². The molecule has 1 aliphatic rings. The van der Waals surface area contributed by atoms with Crippen molar-refractivity contribution in [3.63, 3.8) is 0 Å². The Hall–Kier alpha value is -9.39. The molecule has 8 atom stereocenters. The quantitative estimate of drug-likeness (QED) is 0.0189. The molecule has 89 heavy (non-hydrogen) atoms. The van der Waals surface area contributed by atoms with Gasteiger partial charge in [0.15, 0.2) is 11.9 Å². The number of hydrogen-bond acceptors (Lipinski definition) is 15. The third-order valence-corrected chi connectivity index (χ3v) is 16.6. The molecule has 0 aliphatic carbocycles. The predicted octanol–water partition coefficient (Wildman–Crippen LogP) is -1.74. The third kappa shape index (κ3) is 22.4. The first kappa shape index (κ1) is 68.7. The molecule has 3 aromatic carbocycles. The zero-order chi connectivity index (χ0) is 64.4. The van der Waals surface area contributed by atoms with Crippen molar-refractivity contribution in [2.75, 3.05) is 31.1 Å². The molecule has 0 radical (unpaired) electrons. The highest BCUT2D eigenvalue weighted by molar-refractivity contribution is 8.76. The SMILES string of the molecule is CCCC[C@@H]1NC(=O)[C@@H](NC(C)=O)CSSC[C@@H](C(N)=O)NC(=O)CNC(=O)[C@H](Cc2c[nH]c3ccccc23)NC(=O)[C@H](CCCN=C(N)N)NC(=O)[C@@H](Cc2ccc3ccccc3c2)NC(=O)[C@H](Cc2cnc[nH]2)NC(=O)[C@H](CCCN=C(N)N)NC1=O. The second kappa shape index (κ2) is 34.8. The lowest BCUT2D eigenvalue weighted by Gasteiger charge is -2.28. The largest absolute Gasteiger partial charge is 0.370 e. The van der Waals surface area contributed by atoms with E-state index in [9.17, 15) is 38.4 Å². The molecule has 2 aromatic heterocycles. The molecule has 10 amide bonds. The molecule has 0 unspecified atom stereocenters. The van der Waals surface area contributed by atoms with E-state index < -0.39 is 114 Å². The number of carbonyl (C=O) groups is 10. The van der Waals surface area contributed by atoms with E-state index in [0.29, 0.717) is 29.7 Å². The van der Waals surface area contributed by atoms with Crippen molar-refractivity contribution >= 4 is 114 Å². The summed E-state index contributed by atoms with van der Waals surface area (Å²) in [6.45, 7) is 2.44. The van der Waals surface area contributed by atoms with Gasteiger partial charge in [0.1, 0.15) is 48.3 Å². The normalized spacial score (nSPS) is 21.8. The second-order valence-corrected chi connectivity index (χ2v) is 23.8. The number of H-pyrrole nitrogens is 2. The van der Waals surface area contributed by atoms with Crippen LogP contribution in [-0.4, -0.2) is 165 Å². The molecule has 21 N–H and O–H groups in total. The Morgan fingerprint density at radius 2 is 1.13 bits per heavy atom. The predicted molar refractivity (Wildman–Crippen MR) is 340 cm³/mol. The maximum Gasteiger partial charge on any atom is 0.244 e. The van der Waals surface area contributed by atoms with E-state index in [1.54, 1.807) is 18.3 Å². The molecular formula is C58H79N19O10S2. The molecule has 0 saturated carbocycles. The van der Waals surface area contributed by atoms with Crippen molar-refractivity contribution in [1.82, 2.24) is 62.8 Å². The van der Waals surface area contributed by atoms with Crippen LogP contribution in [0.5, 0.6) is 0 Å². The minimum atomic E-state index is -1.48. The number of amides is 10. The summed E-state index contributed by atoms with van der Waals surface area (Å²) >= 11 is 0. The zero-order valence-electron chi connectivity index (χ0n) is 49.4. The number of primary amides is 1. The summed E-state index contributed by atoms with van der Waals surface area (Å²) in [6, 6.07) is 9.22. The first-order chi connectivity index (χ1) is 42.7. The molecule has 478 valence electrons. The number of guanidine groups is 2. The average Bonchev–Trinajstić information content (AvgIpc) is 2.37. The molecular weight excluding hydrogens is 1190 g/mol.